The number of hydrogen-bond acceptors (Lipinski definition) is 8. The predicted octanol–water partition coefficient (Wildman–Crippen LogP) is 5.77. The van der Waals surface area contributed by atoms with Gasteiger partial charge < -0.3 is 39.5 Å². The van der Waals surface area contributed by atoms with E-state index in [4.69, 9.17) is 14.0 Å². The molecule has 4 atom stereocenters. The van der Waals surface area contributed by atoms with Crippen LogP contribution in [-0.2, 0) is 9.53 Å². The summed E-state index contributed by atoms with van der Waals surface area (Å²) >= 11 is 0. The SMILES string of the molecule is Cc1noc(C)c1NC(=O)Nc1ccc2c(c1)C(=O)N([C@@H](C)CO)C[C@H](C)[C@H](CN(C)C(=O)C1CCCCC1)OCCCC[C@H](C)O2. The zero-order valence-corrected chi connectivity index (χ0v) is 28.8. The Balaban J connectivity index is 1.59. The van der Waals surface area contributed by atoms with E-state index in [9.17, 15) is 19.5 Å². The largest absolute Gasteiger partial charge is 0.490 e. The summed E-state index contributed by atoms with van der Waals surface area (Å²) in [7, 11) is 1.85. The third-order valence-corrected chi connectivity index (χ3v) is 9.37. The molecule has 1 fully saturated rings. The molecule has 0 radical (unpaired) electrons. The highest BCUT2D eigenvalue weighted by Crippen LogP contribution is 2.30. The number of likely N-dealkylation sites (N-methyl/N-ethyl adjacent to an activating group) is 1. The van der Waals surface area contributed by atoms with Gasteiger partial charge in [-0.05, 0) is 78.0 Å². The summed E-state index contributed by atoms with van der Waals surface area (Å²) in [4.78, 5) is 44.0. The molecular weight excluding hydrogens is 602 g/mol. The van der Waals surface area contributed by atoms with E-state index in [2.05, 4.69) is 15.8 Å². The number of nitrogens with one attached hydrogen (secondary N) is 2. The van der Waals surface area contributed by atoms with E-state index in [-0.39, 0.29) is 54.6 Å². The van der Waals surface area contributed by atoms with Gasteiger partial charge in [0.25, 0.3) is 5.91 Å². The van der Waals surface area contributed by atoms with Gasteiger partial charge in [-0.15, -0.1) is 0 Å². The second kappa shape index (κ2) is 17.0. The van der Waals surface area contributed by atoms with E-state index in [0.717, 1.165) is 44.9 Å². The van der Waals surface area contributed by atoms with E-state index in [1.165, 1.54) is 6.42 Å². The average molecular weight is 656 g/mol. The molecule has 1 aromatic carbocycles. The first-order chi connectivity index (χ1) is 22.5. The molecule has 0 unspecified atom stereocenters. The van der Waals surface area contributed by atoms with Crippen molar-refractivity contribution in [1.82, 2.24) is 15.0 Å². The third-order valence-electron chi connectivity index (χ3n) is 9.37. The minimum absolute atomic E-state index is 0.0577. The highest BCUT2D eigenvalue weighted by atomic mass is 16.5. The molecule has 12 heteroatoms. The molecule has 0 spiro atoms. The monoisotopic (exact) mass is 655 g/mol. The molecule has 0 bridgehead atoms. The number of ether oxygens (including phenoxy) is 2. The fraction of sp³-hybridized carbons (Fsp3) is 0.657. The van der Waals surface area contributed by atoms with Crippen LogP contribution in [0.1, 0.15) is 93.9 Å². The quantitative estimate of drug-likeness (QED) is 0.341. The maximum atomic E-state index is 14.4. The molecule has 12 nitrogen and oxygen atoms in total. The molecule has 1 aliphatic heterocycles. The van der Waals surface area contributed by atoms with E-state index in [1.807, 2.05) is 20.9 Å². The second-order valence-corrected chi connectivity index (χ2v) is 13.3. The normalized spacial score (nSPS) is 22.4. The van der Waals surface area contributed by atoms with Crippen LogP contribution < -0.4 is 15.4 Å². The minimum Gasteiger partial charge on any atom is -0.490 e. The van der Waals surface area contributed by atoms with Crippen LogP contribution in [0.25, 0.3) is 0 Å². The van der Waals surface area contributed by atoms with Crippen molar-refractivity contribution in [3.8, 4) is 5.75 Å². The second-order valence-electron chi connectivity index (χ2n) is 13.3. The lowest BCUT2D eigenvalue weighted by Gasteiger charge is -2.36. The molecule has 260 valence electrons. The van der Waals surface area contributed by atoms with Gasteiger partial charge in [-0.1, -0.05) is 31.3 Å². The van der Waals surface area contributed by atoms with Crippen LogP contribution in [0.15, 0.2) is 22.7 Å². The number of urea groups is 1. The highest BCUT2D eigenvalue weighted by Gasteiger charge is 2.32. The number of fused-ring (bicyclic) bond motifs is 1. The summed E-state index contributed by atoms with van der Waals surface area (Å²) in [6.45, 7) is 10.2. The van der Waals surface area contributed by atoms with E-state index in [0.29, 0.717) is 41.7 Å². The maximum absolute atomic E-state index is 14.4. The molecule has 2 aliphatic rings. The van der Waals surface area contributed by atoms with Crippen molar-refractivity contribution < 1.29 is 33.5 Å². The predicted molar refractivity (Wildman–Crippen MR) is 180 cm³/mol. The first-order valence-electron chi connectivity index (χ1n) is 17.1. The average Bonchev–Trinajstić information content (AvgIpc) is 3.37. The Labute approximate surface area is 278 Å². The Morgan fingerprint density at radius 2 is 1.81 bits per heavy atom. The lowest BCUT2D eigenvalue weighted by Crippen LogP contribution is -2.48. The number of benzene rings is 1. The van der Waals surface area contributed by atoms with Gasteiger partial charge in [0.05, 0.1) is 30.4 Å². The molecule has 4 rings (SSSR count). The van der Waals surface area contributed by atoms with Crippen LogP contribution in [0.5, 0.6) is 5.75 Å². The molecule has 1 saturated carbocycles. The van der Waals surface area contributed by atoms with Gasteiger partial charge >= 0.3 is 6.03 Å². The first-order valence-corrected chi connectivity index (χ1v) is 17.1. The van der Waals surface area contributed by atoms with Gasteiger partial charge in [-0.2, -0.15) is 0 Å². The number of nitrogens with zero attached hydrogens (tertiary/aromatic N) is 3. The summed E-state index contributed by atoms with van der Waals surface area (Å²) in [5, 5.41) is 19.7. The van der Waals surface area contributed by atoms with Crippen molar-refractivity contribution in [2.24, 2.45) is 11.8 Å². The number of carbonyl (C=O) groups excluding carboxylic acids is 3. The molecule has 4 amide bonds. The number of anilines is 2. The van der Waals surface area contributed by atoms with Gasteiger partial charge in [0.2, 0.25) is 5.91 Å². The molecule has 3 N–H and O–H groups in total. The smallest absolute Gasteiger partial charge is 0.323 e. The Kier molecular flexibility index (Phi) is 13.1. The highest BCUT2D eigenvalue weighted by molar-refractivity contribution is 6.03. The van der Waals surface area contributed by atoms with Gasteiger partial charge in [-0.25, -0.2) is 4.79 Å². The number of amides is 4. The van der Waals surface area contributed by atoms with Crippen molar-refractivity contribution in [2.75, 3.05) is 44.0 Å². The lowest BCUT2D eigenvalue weighted by atomic mass is 9.88. The van der Waals surface area contributed by atoms with Crippen molar-refractivity contribution in [1.29, 1.82) is 0 Å². The van der Waals surface area contributed by atoms with Gasteiger partial charge in [0.15, 0.2) is 5.76 Å². The number of aliphatic hydroxyl groups excluding tert-OH is 1. The zero-order chi connectivity index (χ0) is 34.1. The number of aliphatic hydroxyl groups is 1. The summed E-state index contributed by atoms with van der Waals surface area (Å²) in [5.74, 6) is 0.622. The van der Waals surface area contributed by atoms with Crippen LogP contribution >= 0.6 is 0 Å². The van der Waals surface area contributed by atoms with Crippen LogP contribution in [0, 0.1) is 25.7 Å². The molecule has 2 aromatic rings. The zero-order valence-electron chi connectivity index (χ0n) is 28.8. The van der Waals surface area contributed by atoms with Gasteiger partial charge in [-0.3, -0.25) is 9.59 Å². The Morgan fingerprint density at radius 1 is 1.09 bits per heavy atom. The molecule has 0 saturated heterocycles. The number of aromatic nitrogens is 1. The molecule has 47 heavy (non-hydrogen) atoms. The molecule has 1 aliphatic carbocycles. The summed E-state index contributed by atoms with van der Waals surface area (Å²) in [6.07, 6.45) is 7.20. The first kappa shape index (κ1) is 36.2. The Morgan fingerprint density at radius 3 is 2.49 bits per heavy atom. The number of aryl methyl sites for hydroxylation is 2. The fourth-order valence-electron chi connectivity index (χ4n) is 6.42. The standard InChI is InChI=1S/C35H53N5O7/c1-22-19-40(23(2)21-41)34(43)29-18-28(36-35(44)37-32-25(4)38-47-26(32)5)15-16-30(29)46-24(3)12-10-11-17-45-31(22)20-39(6)33(42)27-13-8-7-9-14-27/h15-16,18,22-24,27,31,41H,7-14,17,19-21H2,1-6H3,(H2,36,37,44)/t22-,23-,24-,31-/m0/s1. The van der Waals surface area contributed by atoms with E-state index in [1.54, 1.807) is 48.8 Å². The number of carbonyl (C=O) groups is 3. The van der Waals surface area contributed by atoms with Gasteiger partial charge in [0.1, 0.15) is 17.1 Å². The van der Waals surface area contributed by atoms with Crippen molar-refractivity contribution in [3.63, 3.8) is 0 Å². The fourth-order valence-corrected chi connectivity index (χ4v) is 6.42. The van der Waals surface area contributed by atoms with Crippen LogP contribution in [0.2, 0.25) is 0 Å². The molecule has 2 heterocycles. The molecular formula is C35H53N5O7. The van der Waals surface area contributed by atoms with Crippen LogP contribution in [0.4, 0.5) is 16.2 Å². The Hall–Kier alpha value is -3.64. The van der Waals surface area contributed by atoms with Crippen molar-refractivity contribution in [2.45, 2.75) is 104 Å². The lowest BCUT2D eigenvalue weighted by molar-refractivity contribution is -0.137. The van der Waals surface area contributed by atoms with E-state index >= 15 is 0 Å². The minimum atomic E-state index is -0.511. The number of rotatable bonds is 7. The van der Waals surface area contributed by atoms with Crippen LogP contribution in [-0.4, -0.2) is 89.5 Å². The van der Waals surface area contributed by atoms with Crippen molar-refractivity contribution in [3.05, 3.63) is 35.2 Å². The topological polar surface area (TPSA) is 146 Å². The number of hydrogen-bond donors (Lipinski definition) is 3. The van der Waals surface area contributed by atoms with Gasteiger partial charge in [0, 0.05) is 44.3 Å². The molecule has 1 aromatic heterocycles. The maximum Gasteiger partial charge on any atom is 0.323 e. The summed E-state index contributed by atoms with van der Waals surface area (Å²) < 4.78 is 17.9. The Bertz CT molecular complexity index is 1340. The van der Waals surface area contributed by atoms with Crippen LogP contribution in [0.3, 0.4) is 0 Å². The third kappa shape index (κ3) is 9.70. The summed E-state index contributed by atoms with van der Waals surface area (Å²) in [6, 6.07) is 3.98. The summed E-state index contributed by atoms with van der Waals surface area (Å²) in [5.41, 5.74) is 1.70. The van der Waals surface area contributed by atoms with E-state index < -0.39 is 12.1 Å². The van der Waals surface area contributed by atoms with Crippen molar-refractivity contribution >= 4 is 29.2 Å².